The number of hydrogen-bond acceptors (Lipinski definition) is 7. The fraction of sp³-hybridized carbons (Fsp3) is 0.179. The number of carbonyl (C=O) groups excluding carboxylic acids is 1. The van der Waals surface area contributed by atoms with Crippen LogP contribution in [0.3, 0.4) is 0 Å². The minimum atomic E-state index is -0.0865. The molecule has 4 rings (SSSR count). The lowest BCUT2D eigenvalue weighted by Crippen LogP contribution is -2.14. The number of carbonyl (C=O) groups is 1. The van der Waals surface area contributed by atoms with Crippen molar-refractivity contribution in [1.82, 2.24) is 9.97 Å². The molecule has 0 spiro atoms. The summed E-state index contributed by atoms with van der Waals surface area (Å²) >= 11 is 0. The summed E-state index contributed by atoms with van der Waals surface area (Å²) in [5.74, 6) is 2.66. The molecular formula is C28H29N5O3. The molecule has 8 heteroatoms. The molecule has 3 aromatic carbocycles. The molecule has 0 aliphatic carbocycles. The van der Waals surface area contributed by atoms with Gasteiger partial charge in [0.25, 0.3) is 0 Å². The van der Waals surface area contributed by atoms with E-state index in [2.05, 4.69) is 25.9 Å². The van der Waals surface area contributed by atoms with Crippen molar-refractivity contribution in [3.8, 4) is 11.5 Å². The van der Waals surface area contributed by atoms with Gasteiger partial charge >= 0.3 is 0 Å². The first-order valence-electron chi connectivity index (χ1n) is 11.5. The van der Waals surface area contributed by atoms with Crippen molar-refractivity contribution in [2.75, 3.05) is 30.2 Å². The van der Waals surface area contributed by atoms with Crippen LogP contribution in [0.2, 0.25) is 0 Å². The normalized spacial score (nSPS) is 10.4. The number of methoxy groups -OCH3 is 2. The molecule has 0 saturated carbocycles. The average molecular weight is 484 g/mol. The zero-order valence-corrected chi connectivity index (χ0v) is 20.8. The summed E-state index contributed by atoms with van der Waals surface area (Å²) in [5, 5.41) is 9.44. The Morgan fingerprint density at radius 3 is 2.11 bits per heavy atom. The van der Waals surface area contributed by atoms with E-state index in [9.17, 15) is 4.79 Å². The number of aromatic nitrogens is 2. The number of nitrogens with zero attached hydrogens (tertiary/aromatic N) is 2. The van der Waals surface area contributed by atoms with Crippen LogP contribution in [-0.2, 0) is 11.2 Å². The number of aryl methyl sites for hydroxylation is 2. The molecule has 0 aliphatic rings. The van der Waals surface area contributed by atoms with E-state index >= 15 is 0 Å². The van der Waals surface area contributed by atoms with Gasteiger partial charge in [-0.3, -0.25) is 4.79 Å². The number of anilines is 5. The smallest absolute Gasteiger partial charge is 0.229 e. The molecule has 36 heavy (non-hydrogen) atoms. The van der Waals surface area contributed by atoms with E-state index in [1.807, 2.05) is 86.6 Å². The van der Waals surface area contributed by atoms with Crippen LogP contribution < -0.4 is 25.4 Å². The fourth-order valence-electron chi connectivity index (χ4n) is 3.72. The number of ether oxygens (including phenoxy) is 2. The third kappa shape index (κ3) is 6.50. The first kappa shape index (κ1) is 24.5. The van der Waals surface area contributed by atoms with E-state index < -0.39 is 0 Å². The van der Waals surface area contributed by atoms with Crippen LogP contribution in [0.1, 0.15) is 16.8 Å². The summed E-state index contributed by atoms with van der Waals surface area (Å²) in [5.41, 5.74) is 5.16. The van der Waals surface area contributed by atoms with Gasteiger partial charge in [-0.2, -0.15) is 4.98 Å². The van der Waals surface area contributed by atoms with Gasteiger partial charge in [0.15, 0.2) is 0 Å². The highest BCUT2D eigenvalue weighted by atomic mass is 16.5. The van der Waals surface area contributed by atoms with Crippen molar-refractivity contribution in [2.45, 2.75) is 20.3 Å². The molecule has 8 nitrogen and oxygen atoms in total. The Morgan fingerprint density at radius 2 is 1.44 bits per heavy atom. The Hall–Kier alpha value is -4.59. The largest absolute Gasteiger partial charge is 0.497 e. The molecule has 0 aliphatic heterocycles. The molecule has 1 aromatic heterocycles. The molecule has 0 atom stereocenters. The second kappa shape index (κ2) is 11.2. The van der Waals surface area contributed by atoms with Gasteiger partial charge in [0.1, 0.15) is 17.3 Å². The number of nitrogens with one attached hydrogen (secondary N) is 3. The highest BCUT2D eigenvalue weighted by Gasteiger charge is 2.08. The molecule has 0 bridgehead atoms. The number of hydrogen-bond donors (Lipinski definition) is 3. The van der Waals surface area contributed by atoms with Gasteiger partial charge in [0.2, 0.25) is 11.9 Å². The molecule has 0 radical (unpaired) electrons. The minimum absolute atomic E-state index is 0.0865. The van der Waals surface area contributed by atoms with E-state index in [0.29, 0.717) is 17.5 Å². The number of benzene rings is 3. The fourth-order valence-corrected chi connectivity index (χ4v) is 3.72. The second-order valence-electron chi connectivity index (χ2n) is 8.30. The third-order valence-corrected chi connectivity index (χ3v) is 5.47. The quantitative estimate of drug-likeness (QED) is 0.278. The molecule has 3 N–H and O–H groups in total. The topological polar surface area (TPSA) is 97.4 Å². The van der Waals surface area contributed by atoms with Gasteiger partial charge in [-0.25, -0.2) is 4.98 Å². The van der Waals surface area contributed by atoms with Crippen molar-refractivity contribution in [3.63, 3.8) is 0 Å². The van der Waals surface area contributed by atoms with Crippen LogP contribution in [0.25, 0.3) is 0 Å². The molecule has 4 aromatic rings. The van der Waals surface area contributed by atoms with Gasteiger partial charge in [-0.05, 0) is 79.6 Å². The molecule has 1 amide bonds. The van der Waals surface area contributed by atoms with E-state index in [4.69, 9.17) is 9.47 Å². The lowest BCUT2D eigenvalue weighted by Gasteiger charge is -2.11. The van der Waals surface area contributed by atoms with Crippen molar-refractivity contribution in [1.29, 1.82) is 0 Å². The summed E-state index contributed by atoms with van der Waals surface area (Å²) in [6, 6.07) is 22.6. The predicted octanol–water partition coefficient (Wildman–Crippen LogP) is 5.78. The molecular weight excluding hydrogens is 454 g/mol. The molecule has 184 valence electrons. The Balaban J connectivity index is 1.37. The maximum Gasteiger partial charge on any atom is 0.229 e. The van der Waals surface area contributed by atoms with Crippen LogP contribution in [0, 0.1) is 13.8 Å². The standard InChI is InChI=1S/C28H29N5O3/c1-18-15-20(5-14-25(18)36-4)17-27(34)31-22-6-8-23(9-7-22)32-28-29-19(2)16-26(33-28)30-21-10-12-24(35-3)13-11-21/h5-16H,17H2,1-4H3,(H,31,34)(H2,29,30,32,33). The monoisotopic (exact) mass is 483 g/mol. The number of amides is 1. The van der Waals surface area contributed by atoms with Crippen molar-refractivity contribution >= 4 is 34.7 Å². The first-order chi connectivity index (χ1) is 17.4. The maximum atomic E-state index is 12.5. The van der Waals surface area contributed by atoms with Gasteiger partial charge in [-0.1, -0.05) is 12.1 Å². The van der Waals surface area contributed by atoms with Gasteiger partial charge in [-0.15, -0.1) is 0 Å². The van der Waals surface area contributed by atoms with Gasteiger partial charge in [0, 0.05) is 28.8 Å². The summed E-state index contributed by atoms with van der Waals surface area (Å²) < 4.78 is 10.5. The lowest BCUT2D eigenvalue weighted by molar-refractivity contribution is -0.115. The van der Waals surface area contributed by atoms with Crippen molar-refractivity contribution in [3.05, 3.63) is 89.6 Å². The summed E-state index contributed by atoms with van der Waals surface area (Å²) in [4.78, 5) is 21.5. The van der Waals surface area contributed by atoms with E-state index in [0.717, 1.165) is 39.7 Å². The van der Waals surface area contributed by atoms with Crippen LogP contribution in [-0.4, -0.2) is 30.1 Å². The third-order valence-electron chi connectivity index (χ3n) is 5.47. The van der Waals surface area contributed by atoms with Gasteiger partial charge < -0.3 is 25.4 Å². The highest BCUT2D eigenvalue weighted by molar-refractivity contribution is 5.92. The van der Waals surface area contributed by atoms with Crippen molar-refractivity contribution < 1.29 is 14.3 Å². The van der Waals surface area contributed by atoms with E-state index in [1.54, 1.807) is 14.2 Å². The summed E-state index contributed by atoms with van der Waals surface area (Å²) in [7, 11) is 3.27. The Bertz CT molecular complexity index is 1340. The molecule has 0 saturated heterocycles. The molecule has 0 fully saturated rings. The van der Waals surface area contributed by atoms with Crippen LogP contribution >= 0.6 is 0 Å². The first-order valence-corrected chi connectivity index (χ1v) is 11.5. The van der Waals surface area contributed by atoms with Crippen LogP contribution in [0.4, 0.5) is 28.8 Å². The minimum Gasteiger partial charge on any atom is -0.497 e. The molecule has 0 unspecified atom stereocenters. The van der Waals surface area contributed by atoms with Crippen LogP contribution in [0.15, 0.2) is 72.8 Å². The van der Waals surface area contributed by atoms with Gasteiger partial charge in [0.05, 0.1) is 20.6 Å². The summed E-state index contributed by atoms with van der Waals surface area (Å²) in [6.07, 6.45) is 0.284. The zero-order valence-electron chi connectivity index (χ0n) is 20.8. The summed E-state index contributed by atoms with van der Waals surface area (Å²) in [6.45, 7) is 3.87. The average Bonchev–Trinajstić information content (AvgIpc) is 2.85. The number of rotatable bonds is 9. The lowest BCUT2D eigenvalue weighted by atomic mass is 10.1. The Labute approximate surface area is 210 Å². The molecule has 1 heterocycles. The highest BCUT2D eigenvalue weighted by Crippen LogP contribution is 2.23. The SMILES string of the molecule is COc1ccc(Nc2cc(C)nc(Nc3ccc(NC(=O)Cc4ccc(OC)c(C)c4)cc3)n2)cc1. The second-order valence-corrected chi connectivity index (χ2v) is 8.30. The predicted molar refractivity (Wildman–Crippen MR) is 143 cm³/mol. The Morgan fingerprint density at radius 1 is 0.778 bits per heavy atom. The van der Waals surface area contributed by atoms with E-state index in [-0.39, 0.29) is 12.3 Å². The maximum absolute atomic E-state index is 12.5. The zero-order chi connectivity index (χ0) is 25.5. The Kier molecular flexibility index (Phi) is 7.65. The van der Waals surface area contributed by atoms with Crippen LogP contribution in [0.5, 0.6) is 11.5 Å². The van der Waals surface area contributed by atoms with Crippen molar-refractivity contribution in [2.24, 2.45) is 0 Å². The van der Waals surface area contributed by atoms with E-state index in [1.165, 1.54) is 0 Å².